The average Bonchev–Trinajstić information content (AvgIpc) is 2.95. The number of hydrogen-bond acceptors (Lipinski definition) is 6. The first-order valence-electron chi connectivity index (χ1n) is 7.32. The summed E-state index contributed by atoms with van der Waals surface area (Å²) in [5.41, 5.74) is 0. The van der Waals surface area contributed by atoms with Crippen molar-refractivity contribution in [1.82, 2.24) is 9.80 Å². The number of piperazine rings is 1. The maximum atomic E-state index is 10.1. The monoisotopic (exact) mass is 294 g/mol. The van der Waals surface area contributed by atoms with Crippen LogP contribution in [0.2, 0.25) is 0 Å². The average molecular weight is 294 g/mol. The fourth-order valence-corrected chi connectivity index (χ4v) is 2.54. The molecule has 2 heterocycles. The van der Waals surface area contributed by atoms with E-state index in [1.165, 1.54) is 0 Å². The van der Waals surface area contributed by atoms with E-state index in [9.17, 15) is 5.11 Å². The van der Waals surface area contributed by atoms with Crippen LogP contribution in [-0.4, -0.2) is 74.2 Å². The molecule has 0 spiro atoms. The van der Waals surface area contributed by atoms with Crippen molar-refractivity contribution in [2.45, 2.75) is 6.10 Å². The summed E-state index contributed by atoms with van der Waals surface area (Å²) in [5, 5.41) is 10.1. The van der Waals surface area contributed by atoms with Crippen LogP contribution in [0.5, 0.6) is 17.2 Å². The molecule has 1 fully saturated rings. The third-order valence-corrected chi connectivity index (χ3v) is 3.85. The molecule has 2 aliphatic rings. The fourth-order valence-electron chi connectivity index (χ4n) is 2.54. The van der Waals surface area contributed by atoms with Crippen molar-refractivity contribution in [2.24, 2.45) is 0 Å². The molecule has 1 N–H and O–H groups in total. The number of ether oxygens (including phenoxy) is 3. The molecular weight excluding hydrogens is 272 g/mol. The van der Waals surface area contributed by atoms with Crippen LogP contribution in [0, 0.1) is 0 Å². The molecule has 0 aromatic heterocycles. The standard InChI is InChI=1S/C15H22N2O4/c1-16-4-6-17(7-5-16)9-12(18)10-19-13-2-3-14-15(8-13)21-11-20-14/h2-3,8,12,18H,4-7,9-11H2,1H3/t12-/m1/s1. The number of likely N-dealkylation sites (N-methyl/N-ethyl adjacent to an activating group) is 1. The van der Waals surface area contributed by atoms with E-state index < -0.39 is 6.10 Å². The number of nitrogens with zero attached hydrogens (tertiary/aromatic N) is 2. The van der Waals surface area contributed by atoms with Gasteiger partial charge in [-0.15, -0.1) is 0 Å². The lowest BCUT2D eigenvalue weighted by Gasteiger charge is -2.33. The minimum Gasteiger partial charge on any atom is -0.491 e. The Hall–Kier alpha value is -1.50. The molecule has 21 heavy (non-hydrogen) atoms. The third kappa shape index (κ3) is 3.78. The second-order valence-corrected chi connectivity index (χ2v) is 5.58. The molecule has 1 aromatic carbocycles. The van der Waals surface area contributed by atoms with Gasteiger partial charge in [0.1, 0.15) is 18.5 Å². The van der Waals surface area contributed by atoms with Gasteiger partial charge < -0.3 is 24.2 Å². The summed E-state index contributed by atoms with van der Waals surface area (Å²) in [5.74, 6) is 2.12. The lowest BCUT2D eigenvalue weighted by molar-refractivity contribution is 0.0504. The smallest absolute Gasteiger partial charge is 0.231 e. The van der Waals surface area contributed by atoms with Crippen LogP contribution >= 0.6 is 0 Å². The van der Waals surface area contributed by atoms with E-state index in [2.05, 4.69) is 16.8 Å². The lowest BCUT2D eigenvalue weighted by atomic mass is 10.2. The highest BCUT2D eigenvalue weighted by atomic mass is 16.7. The van der Waals surface area contributed by atoms with Crippen LogP contribution in [-0.2, 0) is 0 Å². The second-order valence-electron chi connectivity index (χ2n) is 5.58. The SMILES string of the molecule is CN1CCN(C[C@@H](O)COc2ccc3c(c2)OCO3)CC1. The van der Waals surface area contributed by atoms with Gasteiger partial charge in [-0.1, -0.05) is 0 Å². The van der Waals surface area contributed by atoms with Crippen molar-refractivity contribution >= 4 is 0 Å². The fraction of sp³-hybridized carbons (Fsp3) is 0.600. The van der Waals surface area contributed by atoms with Gasteiger partial charge >= 0.3 is 0 Å². The predicted molar refractivity (Wildman–Crippen MR) is 78.0 cm³/mol. The Morgan fingerprint density at radius 3 is 2.76 bits per heavy atom. The minimum absolute atomic E-state index is 0.255. The zero-order valence-electron chi connectivity index (χ0n) is 12.3. The van der Waals surface area contributed by atoms with Gasteiger partial charge in [0.05, 0.1) is 0 Å². The Kier molecular flexibility index (Phi) is 4.48. The molecule has 0 saturated carbocycles. The van der Waals surface area contributed by atoms with Gasteiger partial charge in [-0.2, -0.15) is 0 Å². The number of aliphatic hydroxyl groups excluding tert-OH is 1. The molecule has 1 atom stereocenters. The van der Waals surface area contributed by atoms with Gasteiger partial charge in [0, 0.05) is 38.8 Å². The summed E-state index contributed by atoms with van der Waals surface area (Å²) in [6.07, 6.45) is -0.487. The molecule has 116 valence electrons. The molecule has 6 heteroatoms. The second kappa shape index (κ2) is 6.51. The molecule has 2 aliphatic heterocycles. The molecule has 0 aliphatic carbocycles. The van der Waals surface area contributed by atoms with Crippen molar-refractivity contribution in [3.63, 3.8) is 0 Å². The van der Waals surface area contributed by atoms with Crippen molar-refractivity contribution in [2.75, 3.05) is 53.2 Å². The first-order valence-corrected chi connectivity index (χ1v) is 7.32. The Morgan fingerprint density at radius 1 is 1.19 bits per heavy atom. The zero-order valence-corrected chi connectivity index (χ0v) is 12.3. The Bertz CT molecular complexity index is 475. The predicted octanol–water partition coefficient (Wildman–Crippen LogP) is 0.402. The van der Waals surface area contributed by atoms with Gasteiger partial charge in [-0.3, -0.25) is 4.90 Å². The van der Waals surface area contributed by atoms with Crippen LogP contribution in [0.1, 0.15) is 0 Å². The Morgan fingerprint density at radius 2 is 1.95 bits per heavy atom. The van der Waals surface area contributed by atoms with Gasteiger partial charge in [0.25, 0.3) is 0 Å². The van der Waals surface area contributed by atoms with E-state index >= 15 is 0 Å². The van der Waals surface area contributed by atoms with Crippen molar-refractivity contribution in [3.05, 3.63) is 18.2 Å². The van der Waals surface area contributed by atoms with E-state index in [0.29, 0.717) is 18.0 Å². The number of benzene rings is 1. The van der Waals surface area contributed by atoms with E-state index in [-0.39, 0.29) is 13.4 Å². The minimum atomic E-state index is -0.487. The lowest BCUT2D eigenvalue weighted by Crippen LogP contribution is -2.47. The highest BCUT2D eigenvalue weighted by molar-refractivity contribution is 5.46. The third-order valence-electron chi connectivity index (χ3n) is 3.85. The zero-order chi connectivity index (χ0) is 14.7. The van der Waals surface area contributed by atoms with E-state index in [0.717, 1.165) is 31.9 Å². The van der Waals surface area contributed by atoms with E-state index in [1.54, 1.807) is 6.07 Å². The first kappa shape index (κ1) is 14.4. The van der Waals surface area contributed by atoms with E-state index in [1.807, 2.05) is 12.1 Å². The normalized spacial score (nSPS) is 20.5. The van der Waals surface area contributed by atoms with Crippen LogP contribution < -0.4 is 14.2 Å². The van der Waals surface area contributed by atoms with Crippen molar-refractivity contribution in [3.8, 4) is 17.2 Å². The number of rotatable bonds is 5. The molecule has 0 bridgehead atoms. The summed E-state index contributed by atoms with van der Waals surface area (Å²) in [6.45, 7) is 5.29. The quantitative estimate of drug-likeness (QED) is 0.848. The first-order chi connectivity index (χ1) is 10.2. The van der Waals surface area contributed by atoms with Gasteiger partial charge in [0.15, 0.2) is 11.5 Å². The van der Waals surface area contributed by atoms with Crippen molar-refractivity contribution < 1.29 is 19.3 Å². The summed E-state index contributed by atoms with van der Waals surface area (Å²) in [7, 11) is 2.12. The molecule has 0 amide bonds. The Balaban J connectivity index is 1.44. The van der Waals surface area contributed by atoms with Crippen LogP contribution in [0.25, 0.3) is 0 Å². The van der Waals surface area contributed by atoms with Gasteiger partial charge in [-0.25, -0.2) is 0 Å². The van der Waals surface area contributed by atoms with Crippen LogP contribution in [0.4, 0.5) is 0 Å². The summed E-state index contributed by atoms with van der Waals surface area (Å²) >= 11 is 0. The molecule has 0 radical (unpaired) electrons. The van der Waals surface area contributed by atoms with Gasteiger partial charge in [-0.05, 0) is 19.2 Å². The van der Waals surface area contributed by atoms with Crippen LogP contribution in [0.3, 0.4) is 0 Å². The van der Waals surface area contributed by atoms with Crippen molar-refractivity contribution in [1.29, 1.82) is 0 Å². The molecule has 6 nitrogen and oxygen atoms in total. The molecule has 0 unspecified atom stereocenters. The maximum Gasteiger partial charge on any atom is 0.231 e. The highest BCUT2D eigenvalue weighted by Gasteiger charge is 2.18. The Labute approximate surface area is 124 Å². The van der Waals surface area contributed by atoms with E-state index in [4.69, 9.17) is 14.2 Å². The summed E-state index contributed by atoms with van der Waals surface area (Å²) < 4.78 is 16.2. The van der Waals surface area contributed by atoms with Gasteiger partial charge in [0.2, 0.25) is 6.79 Å². The number of β-amino-alcohol motifs (C(OH)–C–C–N with tert-alkyl or cyclic N) is 1. The summed E-state index contributed by atoms with van der Waals surface area (Å²) in [6, 6.07) is 5.45. The molecule has 1 saturated heterocycles. The van der Waals surface area contributed by atoms with Crippen LogP contribution in [0.15, 0.2) is 18.2 Å². The number of aliphatic hydroxyl groups is 1. The topological polar surface area (TPSA) is 54.4 Å². The molecule has 3 rings (SSSR count). The highest BCUT2D eigenvalue weighted by Crippen LogP contribution is 2.35. The maximum absolute atomic E-state index is 10.1. The molecule has 1 aromatic rings. The number of hydrogen-bond donors (Lipinski definition) is 1. The molecular formula is C15H22N2O4. The summed E-state index contributed by atoms with van der Waals surface area (Å²) in [4.78, 5) is 4.57. The largest absolute Gasteiger partial charge is 0.491 e. The number of fused-ring (bicyclic) bond motifs is 1.